The van der Waals surface area contributed by atoms with Crippen LogP contribution in [0.15, 0.2) is 24.4 Å². The molecule has 0 radical (unpaired) electrons. The van der Waals surface area contributed by atoms with Crippen LogP contribution in [-0.4, -0.2) is 60.8 Å². The van der Waals surface area contributed by atoms with Crippen LogP contribution >= 0.6 is 11.6 Å². The van der Waals surface area contributed by atoms with E-state index >= 15 is 0 Å². The number of fused-ring (bicyclic) bond motifs is 3. The van der Waals surface area contributed by atoms with E-state index < -0.39 is 10.0 Å². The van der Waals surface area contributed by atoms with Gasteiger partial charge in [0.2, 0.25) is 16.0 Å². The van der Waals surface area contributed by atoms with E-state index in [0.29, 0.717) is 34.7 Å². The fraction of sp³-hybridized carbons (Fsp3) is 0.615. The van der Waals surface area contributed by atoms with Gasteiger partial charge in [-0.3, -0.25) is 4.90 Å². The number of halogens is 1. The molecule has 4 atom stereocenters. The molecule has 36 heavy (non-hydrogen) atoms. The Morgan fingerprint density at radius 1 is 1.03 bits per heavy atom. The Balaban J connectivity index is 1.34. The van der Waals surface area contributed by atoms with Gasteiger partial charge in [-0.15, -0.1) is 0 Å². The van der Waals surface area contributed by atoms with E-state index in [4.69, 9.17) is 11.6 Å². The summed E-state index contributed by atoms with van der Waals surface area (Å²) in [6.07, 6.45) is 8.93. The minimum atomic E-state index is -3.30. The minimum absolute atomic E-state index is 0.0827. The van der Waals surface area contributed by atoms with Gasteiger partial charge in [0.05, 0.1) is 12.5 Å². The van der Waals surface area contributed by atoms with Crippen molar-refractivity contribution in [2.45, 2.75) is 82.3 Å². The van der Waals surface area contributed by atoms with Crippen molar-refractivity contribution in [2.24, 2.45) is 0 Å². The van der Waals surface area contributed by atoms with Crippen molar-refractivity contribution in [3.8, 4) is 0 Å². The first-order chi connectivity index (χ1) is 17.2. The molecule has 3 N–H and O–H groups in total. The first-order valence-corrected chi connectivity index (χ1v) is 15.3. The maximum Gasteiger partial charge on any atom is 0.229 e. The summed E-state index contributed by atoms with van der Waals surface area (Å²) in [5.74, 6) is 2.13. The first kappa shape index (κ1) is 25.7. The lowest BCUT2D eigenvalue weighted by atomic mass is 9.78. The largest absolute Gasteiger partial charge is 0.364 e. The van der Waals surface area contributed by atoms with Gasteiger partial charge in [0.1, 0.15) is 5.02 Å². The third-order valence-electron chi connectivity index (χ3n) is 7.92. The number of hydrogen-bond donors (Lipinski definition) is 3. The number of benzene rings is 1. The second kappa shape index (κ2) is 10.4. The van der Waals surface area contributed by atoms with Gasteiger partial charge in [-0.25, -0.2) is 18.1 Å². The van der Waals surface area contributed by atoms with E-state index in [1.807, 2.05) is 0 Å². The molecule has 2 fully saturated rings. The number of rotatable bonds is 7. The van der Waals surface area contributed by atoms with Crippen LogP contribution in [-0.2, 0) is 10.0 Å². The third kappa shape index (κ3) is 5.79. The van der Waals surface area contributed by atoms with Crippen molar-refractivity contribution >= 4 is 39.1 Å². The molecule has 8 nitrogen and oxygen atoms in total. The zero-order valence-electron chi connectivity index (χ0n) is 21.3. The molecule has 2 bridgehead atoms. The molecule has 2 unspecified atom stereocenters. The predicted molar refractivity (Wildman–Crippen MR) is 146 cm³/mol. The van der Waals surface area contributed by atoms with Gasteiger partial charge < -0.3 is 10.6 Å². The van der Waals surface area contributed by atoms with E-state index in [1.165, 1.54) is 30.2 Å². The van der Waals surface area contributed by atoms with Crippen molar-refractivity contribution in [2.75, 3.05) is 30.0 Å². The summed E-state index contributed by atoms with van der Waals surface area (Å²) in [7, 11) is -3.30. The predicted octanol–water partition coefficient (Wildman–Crippen LogP) is 4.83. The molecular weight excluding hydrogens is 496 g/mol. The molecule has 10 heteroatoms. The van der Waals surface area contributed by atoms with E-state index in [1.54, 1.807) is 6.20 Å². The van der Waals surface area contributed by atoms with Crippen LogP contribution in [0.25, 0.3) is 0 Å². The van der Waals surface area contributed by atoms with E-state index in [-0.39, 0.29) is 12.1 Å². The number of aromatic nitrogens is 2. The molecule has 3 heterocycles. The van der Waals surface area contributed by atoms with E-state index in [2.05, 4.69) is 62.3 Å². The van der Waals surface area contributed by atoms with Crippen LogP contribution in [0.2, 0.25) is 5.02 Å². The summed E-state index contributed by atoms with van der Waals surface area (Å²) in [6.45, 7) is 6.83. The highest BCUT2D eigenvalue weighted by Crippen LogP contribution is 2.44. The van der Waals surface area contributed by atoms with Gasteiger partial charge in [0.25, 0.3) is 0 Å². The van der Waals surface area contributed by atoms with Gasteiger partial charge in [-0.2, -0.15) is 4.98 Å². The highest BCUT2D eigenvalue weighted by atomic mass is 35.5. The second-order valence-electron chi connectivity index (χ2n) is 10.9. The number of sulfonamides is 1. The maximum atomic E-state index is 11.8. The van der Waals surface area contributed by atoms with Crippen molar-refractivity contribution in [1.82, 2.24) is 19.6 Å². The Hall–Kier alpha value is -1.94. The number of nitrogens with one attached hydrogen (secondary N) is 3. The quantitative estimate of drug-likeness (QED) is 0.469. The van der Waals surface area contributed by atoms with Crippen molar-refractivity contribution in [3.05, 3.63) is 40.5 Å². The van der Waals surface area contributed by atoms with Crippen molar-refractivity contribution in [3.63, 3.8) is 0 Å². The third-order valence-corrected chi connectivity index (χ3v) is 8.93. The molecule has 2 aromatic rings. The average Bonchev–Trinajstić information content (AvgIpc) is 3.13. The average molecular weight is 533 g/mol. The van der Waals surface area contributed by atoms with E-state index in [0.717, 1.165) is 44.5 Å². The number of hydrogen-bond acceptors (Lipinski definition) is 7. The Morgan fingerprint density at radius 2 is 1.72 bits per heavy atom. The molecule has 2 aliphatic carbocycles. The molecule has 0 amide bonds. The molecule has 6 rings (SSSR count). The summed E-state index contributed by atoms with van der Waals surface area (Å²) < 4.78 is 26.4. The molecule has 1 saturated heterocycles. The number of nitrogens with zero attached hydrogens (tertiary/aromatic N) is 3. The van der Waals surface area contributed by atoms with E-state index in [9.17, 15) is 8.42 Å². The van der Waals surface area contributed by atoms with Gasteiger partial charge in [-0.1, -0.05) is 30.5 Å². The first-order valence-electron chi connectivity index (χ1n) is 13.1. The standard InChI is InChI=1S/C26H37ClN6O2S/c1-16(2)33-14-17-8-9-18(15-33)21-12-19(10-11-20(17)21)29-26-28-13-22(27)25(31-26)30-23-6-4-5-7-24(23)32-36(3,34)35/h10-13,16-18,23-24,32H,4-9,14-15H2,1-3H3,(H2,28,29,30,31)/t17?,18?,23-,24-/m1/s1. The molecule has 1 saturated carbocycles. The molecule has 1 aromatic heterocycles. The lowest BCUT2D eigenvalue weighted by Crippen LogP contribution is -2.48. The van der Waals surface area contributed by atoms with Gasteiger partial charge in [0, 0.05) is 36.9 Å². The lowest BCUT2D eigenvalue weighted by Gasteiger charge is -2.32. The monoisotopic (exact) mass is 532 g/mol. The second-order valence-corrected chi connectivity index (χ2v) is 13.1. The van der Waals surface area contributed by atoms with Gasteiger partial charge in [0.15, 0.2) is 5.82 Å². The van der Waals surface area contributed by atoms with Crippen LogP contribution < -0.4 is 15.4 Å². The van der Waals surface area contributed by atoms with Crippen molar-refractivity contribution in [1.29, 1.82) is 0 Å². The highest BCUT2D eigenvalue weighted by molar-refractivity contribution is 7.88. The zero-order valence-corrected chi connectivity index (χ0v) is 22.9. The Kier molecular flexibility index (Phi) is 7.45. The normalized spacial score (nSPS) is 26.5. The van der Waals surface area contributed by atoms with Gasteiger partial charge >= 0.3 is 0 Å². The minimum Gasteiger partial charge on any atom is -0.364 e. The molecule has 2 aliphatic heterocycles. The van der Waals surface area contributed by atoms with Crippen LogP contribution in [0.5, 0.6) is 0 Å². The Labute approximate surface area is 219 Å². The van der Waals surface area contributed by atoms with Crippen LogP contribution in [0.1, 0.15) is 75.3 Å². The summed E-state index contributed by atoms with van der Waals surface area (Å²) in [4.78, 5) is 11.7. The highest BCUT2D eigenvalue weighted by Gasteiger charge is 2.35. The molecule has 196 valence electrons. The van der Waals surface area contributed by atoms with Crippen molar-refractivity contribution < 1.29 is 8.42 Å². The topological polar surface area (TPSA) is 99.2 Å². The maximum absolute atomic E-state index is 11.8. The molecule has 0 spiro atoms. The summed E-state index contributed by atoms with van der Waals surface area (Å²) >= 11 is 6.44. The Bertz CT molecular complexity index is 1210. The van der Waals surface area contributed by atoms with Gasteiger partial charge in [-0.05, 0) is 74.6 Å². The van der Waals surface area contributed by atoms with Crippen LogP contribution in [0.4, 0.5) is 17.5 Å². The lowest BCUT2D eigenvalue weighted by molar-refractivity contribution is 0.219. The molecule has 1 aromatic carbocycles. The molecule has 4 aliphatic rings. The zero-order chi connectivity index (χ0) is 25.4. The fourth-order valence-corrected chi connectivity index (χ4v) is 7.06. The van der Waals surface area contributed by atoms with Crippen LogP contribution in [0, 0.1) is 0 Å². The summed E-state index contributed by atoms with van der Waals surface area (Å²) in [6, 6.07) is 6.95. The molecular formula is C26H37ClN6O2S. The smallest absolute Gasteiger partial charge is 0.229 e. The Morgan fingerprint density at radius 3 is 2.42 bits per heavy atom. The van der Waals surface area contributed by atoms with Crippen LogP contribution in [0.3, 0.4) is 0 Å². The summed E-state index contributed by atoms with van der Waals surface area (Å²) in [5, 5.41) is 7.18. The SMILES string of the molecule is CC(C)N1CC2CCC(C1)c1cc(Nc3ncc(Cl)c(N[C@@H]4CCCC[C@H]4NS(C)(=O)=O)n3)ccc12. The summed E-state index contributed by atoms with van der Waals surface area (Å²) in [5.41, 5.74) is 3.91. The fourth-order valence-electron chi connectivity index (χ4n) is 6.09. The number of anilines is 3.